The maximum absolute atomic E-state index is 2.75. The summed E-state index contributed by atoms with van der Waals surface area (Å²) in [6.07, 6.45) is 19.0. The van der Waals surface area contributed by atoms with Crippen molar-refractivity contribution < 1.29 is 0 Å². The van der Waals surface area contributed by atoms with Crippen molar-refractivity contribution in [1.82, 2.24) is 0 Å². The molecule has 0 bridgehead atoms. The average Bonchev–Trinajstić information content (AvgIpc) is 2.99. The Hall–Kier alpha value is -0.260. The third-order valence-corrected chi connectivity index (χ3v) is 10.6. The zero-order valence-electron chi connectivity index (χ0n) is 19.9. The topological polar surface area (TPSA) is 0 Å². The lowest BCUT2D eigenvalue weighted by molar-refractivity contribution is -0.0523. The van der Waals surface area contributed by atoms with Gasteiger partial charge < -0.3 is 0 Å². The lowest BCUT2D eigenvalue weighted by Crippen LogP contribution is -2.50. The molecule has 3 fully saturated rings. The highest BCUT2D eigenvalue weighted by Gasteiger charge is 2.58. The van der Waals surface area contributed by atoms with Gasteiger partial charge in [0.25, 0.3) is 0 Å². The largest absolute Gasteiger partial charge is 0.0845 e. The zero-order chi connectivity index (χ0) is 20.1. The van der Waals surface area contributed by atoms with E-state index in [0.29, 0.717) is 10.8 Å². The Morgan fingerprint density at radius 3 is 2.50 bits per heavy atom. The van der Waals surface area contributed by atoms with E-state index in [-0.39, 0.29) is 0 Å². The predicted octanol–water partition coefficient (Wildman–Crippen LogP) is 8.66. The maximum Gasteiger partial charge on any atom is -0.00851 e. The van der Waals surface area contributed by atoms with Crippen LogP contribution in [0.25, 0.3) is 0 Å². The van der Waals surface area contributed by atoms with Crippen LogP contribution in [-0.2, 0) is 0 Å². The van der Waals surface area contributed by atoms with Crippen molar-refractivity contribution in [3.05, 3.63) is 11.6 Å². The summed E-state index contributed by atoms with van der Waals surface area (Å²) < 4.78 is 0. The molecule has 3 saturated carbocycles. The van der Waals surface area contributed by atoms with E-state index in [2.05, 4.69) is 47.6 Å². The Bertz CT molecular complexity index is 585. The summed E-state index contributed by atoms with van der Waals surface area (Å²) >= 11 is 0. The molecule has 0 radical (unpaired) electrons. The van der Waals surface area contributed by atoms with E-state index in [1.54, 1.807) is 0 Å². The van der Waals surface area contributed by atoms with Gasteiger partial charge in [-0.25, -0.2) is 0 Å². The van der Waals surface area contributed by atoms with Gasteiger partial charge in [-0.2, -0.15) is 0 Å². The normalized spacial score (nSPS) is 46.5. The molecule has 0 spiro atoms. The summed E-state index contributed by atoms with van der Waals surface area (Å²) in [5.41, 5.74) is 3.06. The second kappa shape index (κ2) is 7.77. The summed E-state index contributed by atoms with van der Waals surface area (Å²) in [6.45, 7) is 15.3. The van der Waals surface area contributed by atoms with Crippen LogP contribution >= 0.6 is 0 Å². The molecule has 0 heteroatoms. The fourth-order valence-electron chi connectivity index (χ4n) is 8.87. The van der Waals surface area contributed by atoms with E-state index < -0.39 is 0 Å². The van der Waals surface area contributed by atoms with Crippen LogP contribution in [0.2, 0.25) is 0 Å². The van der Waals surface area contributed by atoms with Gasteiger partial charge >= 0.3 is 0 Å². The van der Waals surface area contributed by atoms with Crippen molar-refractivity contribution in [3.8, 4) is 0 Å². The van der Waals surface area contributed by atoms with Crippen molar-refractivity contribution in [1.29, 1.82) is 0 Å². The second-order valence-electron chi connectivity index (χ2n) is 12.6. The molecule has 0 aromatic rings. The van der Waals surface area contributed by atoms with E-state index in [9.17, 15) is 0 Å². The molecule has 0 amide bonds. The zero-order valence-corrected chi connectivity index (χ0v) is 19.9. The summed E-state index contributed by atoms with van der Waals surface area (Å²) in [4.78, 5) is 0. The van der Waals surface area contributed by atoms with Crippen LogP contribution in [-0.4, -0.2) is 0 Å². The number of hydrogen-bond donors (Lipinski definition) is 0. The van der Waals surface area contributed by atoms with Gasteiger partial charge in [0, 0.05) is 0 Å². The average molecular weight is 385 g/mol. The highest BCUT2D eigenvalue weighted by Crippen LogP contribution is 2.67. The Balaban J connectivity index is 1.49. The molecule has 0 aliphatic heterocycles. The molecule has 0 heterocycles. The fraction of sp³-hybridized carbons (Fsp3) is 0.929. The number of allylic oxidation sites excluding steroid dienone is 2. The van der Waals surface area contributed by atoms with Gasteiger partial charge in [-0.1, -0.05) is 72.5 Å². The van der Waals surface area contributed by atoms with Crippen LogP contribution in [0.5, 0.6) is 0 Å². The molecule has 0 aromatic heterocycles. The standard InChI is InChI=1S/C28H48/c1-19(2)8-7-9-21(4)24-12-13-25-23-11-10-22-18-20(3)14-16-27(22,5)26(23)15-17-28(24,25)6/h10,19-21,23-26H,7-9,11-18H2,1-6H3/t20?,21?,23?,24?,25?,26?,27-,28+/m1/s1. The number of fused-ring (bicyclic) bond motifs is 5. The van der Waals surface area contributed by atoms with Gasteiger partial charge in [0.15, 0.2) is 0 Å². The minimum atomic E-state index is 0.553. The monoisotopic (exact) mass is 384 g/mol. The first-order valence-corrected chi connectivity index (χ1v) is 12.9. The van der Waals surface area contributed by atoms with Crippen molar-refractivity contribution >= 4 is 0 Å². The molecule has 8 atom stereocenters. The Kier molecular flexibility index (Phi) is 5.83. The molecule has 6 unspecified atom stereocenters. The lowest BCUT2D eigenvalue weighted by Gasteiger charge is -2.58. The van der Waals surface area contributed by atoms with Gasteiger partial charge in [-0.3, -0.25) is 0 Å². The van der Waals surface area contributed by atoms with E-state index in [1.165, 1.54) is 70.6 Å². The first-order chi connectivity index (χ1) is 13.3. The molecular weight excluding hydrogens is 336 g/mol. The van der Waals surface area contributed by atoms with Crippen LogP contribution in [0, 0.1) is 52.3 Å². The SMILES string of the molecule is CC(C)CCCC(C)C1CCC2C3CC=C4CC(C)CC[C@@]4(C)C3CC[C@@]12C. The molecule has 160 valence electrons. The number of rotatable bonds is 5. The fourth-order valence-corrected chi connectivity index (χ4v) is 8.87. The molecule has 4 rings (SSSR count). The Morgan fingerprint density at radius 2 is 1.75 bits per heavy atom. The molecule has 0 aromatic carbocycles. The van der Waals surface area contributed by atoms with Crippen molar-refractivity contribution in [2.24, 2.45) is 52.3 Å². The molecule has 0 nitrogen and oxygen atoms in total. The summed E-state index contributed by atoms with van der Waals surface area (Å²) in [5.74, 6) is 6.73. The maximum atomic E-state index is 2.75. The second-order valence-corrected chi connectivity index (χ2v) is 12.6. The Morgan fingerprint density at radius 1 is 0.964 bits per heavy atom. The van der Waals surface area contributed by atoms with E-state index in [0.717, 1.165) is 41.4 Å². The molecule has 28 heavy (non-hydrogen) atoms. The molecule has 0 N–H and O–H groups in total. The smallest absolute Gasteiger partial charge is 0.00851 e. The number of hydrogen-bond acceptors (Lipinski definition) is 0. The highest BCUT2D eigenvalue weighted by atomic mass is 14.6. The molecular formula is C28H48. The van der Waals surface area contributed by atoms with Crippen molar-refractivity contribution in [3.63, 3.8) is 0 Å². The summed E-state index contributed by atoms with van der Waals surface area (Å²) in [6, 6.07) is 0. The van der Waals surface area contributed by atoms with E-state index >= 15 is 0 Å². The minimum Gasteiger partial charge on any atom is -0.0845 e. The first kappa shape index (κ1) is 21.0. The Labute approximate surface area is 176 Å². The van der Waals surface area contributed by atoms with Crippen molar-refractivity contribution in [2.45, 2.75) is 112 Å². The predicted molar refractivity (Wildman–Crippen MR) is 122 cm³/mol. The molecule has 0 saturated heterocycles. The van der Waals surface area contributed by atoms with Gasteiger partial charge in [0.1, 0.15) is 0 Å². The van der Waals surface area contributed by atoms with Crippen LogP contribution in [0.3, 0.4) is 0 Å². The van der Waals surface area contributed by atoms with Crippen LogP contribution in [0.15, 0.2) is 11.6 Å². The van der Waals surface area contributed by atoms with Gasteiger partial charge in [-0.15, -0.1) is 0 Å². The van der Waals surface area contributed by atoms with Gasteiger partial charge in [0.05, 0.1) is 0 Å². The van der Waals surface area contributed by atoms with E-state index in [1.807, 2.05) is 5.57 Å². The molecule has 4 aliphatic carbocycles. The van der Waals surface area contributed by atoms with Crippen molar-refractivity contribution in [2.75, 3.05) is 0 Å². The summed E-state index contributed by atoms with van der Waals surface area (Å²) in [7, 11) is 0. The third-order valence-electron chi connectivity index (χ3n) is 10.6. The third kappa shape index (κ3) is 3.43. The van der Waals surface area contributed by atoms with Crippen LogP contribution in [0.4, 0.5) is 0 Å². The first-order valence-electron chi connectivity index (χ1n) is 12.9. The van der Waals surface area contributed by atoms with Gasteiger partial charge in [0.2, 0.25) is 0 Å². The quantitative estimate of drug-likeness (QED) is 0.416. The van der Waals surface area contributed by atoms with Crippen LogP contribution < -0.4 is 0 Å². The summed E-state index contributed by atoms with van der Waals surface area (Å²) in [5, 5.41) is 0. The van der Waals surface area contributed by atoms with E-state index in [4.69, 9.17) is 0 Å². The van der Waals surface area contributed by atoms with Crippen LogP contribution in [0.1, 0.15) is 112 Å². The minimum absolute atomic E-state index is 0.553. The lowest BCUT2D eigenvalue weighted by atomic mass is 9.46. The van der Waals surface area contributed by atoms with Gasteiger partial charge in [-0.05, 0) is 104 Å². The molecule has 4 aliphatic rings. The highest BCUT2D eigenvalue weighted by molar-refractivity contribution is 5.25.